The number of nitrogens with one attached hydrogen (secondary N) is 1. The molecule has 6 nitrogen and oxygen atoms in total. The lowest BCUT2D eigenvalue weighted by molar-refractivity contribution is -0.117. The van der Waals surface area contributed by atoms with Crippen LogP contribution in [-0.4, -0.2) is 29.7 Å². The fraction of sp³-hybridized carbons (Fsp3) is 0.222. The highest BCUT2D eigenvalue weighted by molar-refractivity contribution is 5.96. The number of carbonyl (C=O) groups is 2. The molecule has 1 heterocycles. The summed E-state index contributed by atoms with van der Waals surface area (Å²) in [5.74, 6) is 0.153. The summed E-state index contributed by atoms with van der Waals surface area (Å²) in [6.45, 7) is 0.541. The molecule has 1 fully saturated rings. The molecule has 0 radical (unpaired) electrons. The first-order valence-corrected chi connectivity index (χ1v) is 7.78. The number of carbonyl (C=O) groups excluding carboxylic acids is 1. The molecule has 2 aromatic rings. The standard InChI is InChI=1S/C18H17FN2O4/c19-13-3-1-2-12(8-13)11-25-16-6-4-15(5-7-16)21-10-14(9-17(21)22)20-18(23)24/h1-8,14,20H,9-11H2,(H,23,24). The van der Waals surface area contributed by atoms with Gasteiger partial charge in [0.2, 0.25) is 5.91 Å². The predicted octanol–water partition coefficient (Wildman–Crippen LogP) is 2.78. The maximum absolute atomic E-state index is 13.1. The van der Waals surface area contributed by atoms with Gasteiger partial charge in [0.15, 0.2) is 0 Å². The summed E-state index contributed by atoms with van der Waals surface area (Å²) in [4.78, 5) is 24.2. The van der Waals surface area contributed by atoms with Crippen molar-refractivity contribution in [1.29, 1.82) is 0 Å². The molecule has 0 bridgehead atoms. The van der Waals surface area contributed by atoms with Crippen LogP contribution < -0.4 is 15.0 Å². The van der Waals surface area contributed by atoms with E-state index in [2.05, 4.69) is 5.32 Å². The molecule has 1 saturated heterocycles. The molecule has 7 heteroatoms. The number of halogens is 1. The minimum atomic E-state index is -1.14. The molecular formula is C18H17FN2O4. The van der Waals surface area contributed by atoms with E-state index in [1.165, 1.54) is 17.0 Å². The lowest BCUT2D eigenvalue weighted by Crippen LogP contribution is -2.36. The zero-order valence-corrected chi connectivity index (χ0v) is 13.3. The van der Waals surface area contributed by atoms with Gasteiger partial charge in [-0.25, -0.2) is 9.18 Å². The third-order valence-electron chi connectivity index (χ3n) is 3.90. The lowest BCUT2D eigenvalue weighted by Gasteiger charge is -2.17. The Bertz CT molecular complexity index is 779. The summed E-state index contributed by atoms with van der Waals surface area (Å²) in [6.07, 6.45) is -0.995. The van der Waals surface area contributed by atoms with Crippen molar-refractivity contribution in [2.45, 2.75) is 19.1 Å². The third-order valence-corrected chi connectivity index (χ3v) is 3.90. The first-order chi connectivity index (χ1) is 12.0. The van der Waals surface area contributed by atoms with Crippen molar-refractivity contribution >= 4 is 17.7 Å². The number of hydrogen-bond acceptors (Lipinski definition) is 3. The van der Waals surface area contributed by atoms with Gasteiger partial charge in [0, 0.05) is 18.7 Å². The summed E-state index contributed by atoms with van der Waals surface area (Å²) >= 11 is 0. The highest BCUT2D eigenvalue weighted by Gasteiger charge is 2.31. The molecule has 3 rings (SSSR count). The van der Waals surface area contributed by atoms with Crippen LogP contribution in [0.1, 0.15) is 12.0 Å². The van der Waals surface area contributed by atoms with Crippen molar-refractivity contribution in [3.05, 3.63) is 59.9 Å². The normalized spacial score (nSPS) is 16.8. The number of amides is 2. The topological polar surface area (TPSA) is 78.9 Å². The molecule has 0 saturated carbocycles. The zero-order valence-electron chi connectivity index (χ0n) is 13.3. The highest BCUT2D eigenvalue weighted by Crippen LogP contribution is 2.24. The Labute approximate surface area is 143 Å². The SMILES string of the molecule is O=C(O)NC1CC(=O)N(c2ccc(OCc3cccc(F)c3)cc2)C1. The Kier molecular flexibility index (Phi) is 4.83. The first kappa shape index (κ1) is 16.8. The molecule has 130 valence electrons. The fourth-order valence-electron chi connectivity index (χ4n) is 2.74. The van der Waals surface area contributed by atoms with E-state index >= 15 is 0 Å². The van der Waals surface area contributed by atoms with Crippen molar-refractivity contribution in [1.82, 2.24) is 5.32 Å². The van der Waals surface area contributed by atoms with Crippen LogP contribution >= 0.6 is 0 Å². The van der Waals surface area contributed by atoms with Crippen LogP contribution in [0.15, 0.2) is 48.5 Å². The minimum absolute atomic E-state index is 0.132. The molecule has 0 aliphatic carbocycles. The van der Waals surface area contributed by atoms with Crippen LogP contribution in [0.2, 0.25) is 0 Å². The summed E-state index contributed by atoms with van der Waals surface area (Å²) in [6, 6.07) is 12.7. The number of rotatable bonds is 5. The van der Waals surface area contributed by atoms with Crippen molar-refractivity contribution in [2.24, 2.45) is 0 Å². The Balaban J connectivity index is 1.60. The summed E-state index contributed by atoms with van der Waals surface area (Å²) in [5.41, 5.74) is 1.40. The summed E-state index contributed by atoms with van der Waals surface area (Å²) in [5, 5.41) is 11.1. The zero-order chi connectivity index (χ0) is 17.8. The summed E-state index contributed by atoms with van der Waals surface area (Å²) < 4.78 is 18.7. The third kappa shape index (κ3) is 4.26. The van der Waals surface area contributed by atoms with E-state index in [0.717, 1.165) is 5.56 Å². The van der Waals surface area contributed by atoms with Gasteiger partial charge in [0.25, 0.3) is 0 Å². The van der Waals surface area contributed by atoms with Gasteiger partial charge in [-0.1, -0.05) is 12.1 Å². The smallest absolute Gasteiger partial charge is 0.404 e. The first-order valence-electron chi connectivity index (χ1n) is 7.78. The average molecular weight is 344 g/mol. The van der Waals surface area contributed by atoms with Crippen LogP contribution in [-0.2, 0) is 11.4 Å². The van der Waals surface area contributed by atoms with Gasteiger partial charge < -0.3 is 20.1 Å². The monoisotopic (exact) mass is 344 g/mol. The van der Waals surface area contributed by atoms with Crippen molar-refractivity contribution < 1.29 is 23.8 Å². The van der Waals surface area contributed by atoms with Crippen LogP contribution in [0.5, 0.6) is 5.75 Å². The van der Waals surface area contributed by atoms with E-state index in [9.17, 15) is 14.0 Å². The molecule has 2 amide bonds. The Morgan fingerprint density at radius 1 is 1.28 bits per heavy atom. The van der Waals surface area contributed by atoms with Gasteiger partial charge in [-0.2, -0.15) is 0 Å². The molecule has 2 N–H and O–H groups in total. The van der Waals surface area contributed by atoms with Crippen LogP contribution in [0, 0.1) is 5.82 Å². The number of anilines is 1. The maximum atomic E-state index is 13.1. The van der Waals surface area contributed by atoms with Crippen molar-refractivity contribution in [2.75, 3.05) is 11.4 Å². The molecule has 1 unspecified atom stereocenters. The second kappa shape index (κ2) is 7.21. The van der Waals surface area contributed by atoms with E-state index < -0.39 is 12.1 Å². The molecular weight excluding hydrogens is 327 g/mol. The van der Waals surface area contributed by atoms with Crippen LogP contribution in [0.3, 0.4) is 0 Å². The van der Waals surface area contributed by atoms with E-state index in [-0.39, 0.29) is 24.8 Å². The van der Waals surface area contributed by atoms with Crippen LogP contribution in [0.4, 0.5) is 14.9 Å². The number of ether oxygens (including phenoxy) is 1. The second-order valence-corrected chi connectivity index (χ2v) is 5.77. The molecule has 1 aliphatic heterocycles. The fourth-order valence-corrected chi connectivity index (χ4v) is 2.74. The molecule has 2 aromatic carbocycles. The van der Waals surface area contributed by atoms with Gasteiger partial charge in [-0.05, 0) is 42.0 Å². The van der Waals surface area contributed by atoms with Crippen molar-refractivity contribution in [3.63, 3.8) is 0 Å². The van der Waals surface area contributed by atoms with E-state index in [1.807, 2.05) is 0 Å². The molecule has 1 atom stereocenters. The molecule has 1 aliphatic rings. The highest BCUT2D eigenvalue weighted by atomic mass is 19.1. The lowest BCUT2D eigenvalue weighted by atomic mass is 10.2. The number of benzene rings is 2. The van der Waals surface area contributed by atoms with Gasteiger partial charge in [-0.15, -0.1) is 0 Å². The molecule has 25 heavy (non-hydrogen) atoms. The quantitative estimate of drug-likeness (QED) is 0.874. The minimum Gasteiger partial charge on any atom is -0.489 e. The van der Waals surface area contributed by atoms with Gasteiger partial charge in [0.1, 0.15) is 18.2 Å². The van der Waals surface area contributed by atoms with E-state index in [0.29, 0.717) is 18.0 Å². The maximum Gasteiger partial charge on any atom is 0.404 e. The number of nitrogens with zero attached hydrogens (tertiary/aromatic N) is 1. The molecule has 0 aromatic heterocycles. The van der Waals surface area contributed by atoms with Crippen LogP contribution in [0.25, 0.3) is 0 Å². The Hall–Kier alpha value is -3.09. The average Bonchev–Trinajstić information content (AvgIpc) is 2.93. The largest absolute Gasteiger partial charge is 0.489 e. The number of hydrogen-bond donors (Lipinski definition) is 2. The number of carboxylic acid groups (broad SMARTS) is 1. The van der Waals surface area contributed by atoms with Gasteiger partial charge in [0.05, 0.1) is 6.04 Å². The second-order valence-electron chi connectivity index (χ2n) is 5.77. The summed E-state index contributed by atoms with van der Waals surface area (Å²) in [7, 11) is 0. The Morgan fingerprint density at radius 2 is 2.04 bits per heavy atom. The Morgan fingerprint density at radius 3 is 2.72 bits per heavy atom. The van der Waals surface area contributed by atoms with Gasteiger partial charge in [-0.3, -0.25) is 4.79 Å². The van der Waals surface area contributed by atoms with E-state index in [4.69, 9.17) is 9.84 Å². The predicted molar refractivity (Wildman–Crippen MR) is 89.1 cm³/mol. The molecule has 0 spiro atoms. The van der Waals surface area contributed by atoms with Gasteiger partial charge >= 0.3 is 6.09 Å². The van der Waals surface area contributed by atoms with Crippen molar-refractivity contribution in [3.8, 4) is 5.75 Å². The van der Waals surface area contributed by atoms with E-state index in [1.54, 1.807) is 36.4 Å².